The molecule has 0 saturated carbocycles. The molecule has 3 heterocycles. The summed E-state index contributed by atoms with van der Waals surface area (Å²) in [6.45, 7) is 5.71. The lowest BCUT2D eigenvalue weighted by Crippen LogP contribution is -2.40. The summed E-state index contributed by atoms with van der Waals surface area (Å²) in [6, 6.07) is 8.72. The Morgan fingerprint density at radius 1 is 1.12 bits per heavy atom. The Morgan fingerprint density at radius 2 is 1.82 bits per heavy atom. The Morgan fingerprint density at radius 3 is 2.47 bits per heavy atom. The molecule has 0 atom stereocenters. The molecule has 3 aromatic heterocycles. The zero-order chi connectivity index (χ0) is 24.6. The summed E-state index contributed by atoms with van der Waals surface area (Å²) in [6.07, 6.45) is 0. The molecule has 176 valence electrons. The van der Waals surface area contributed by atoms with Gasteiger partial charge in [-0.15, -0.1) is 0 Å². The third-order valence-corrected chi connectivity index (χ3v) is 5.44. The van der Waals surface area contributed by atoms with Gasteiger partial charge in [0.1, 0.15) is 22.9 Å². The standard InChI is InChI=1S/C24H24N4O6/c1-6-33-16-9-7-15(8-10-16)21-26-18(14(3)34-21)12-28-22(29)19-17(23(30)32-5)11-13(2)25-20(19)27(4)24(28)31/h7-11H,6,12H2,1-5H3. The van der Waals surface area contributed by atoms with E-state index in [1.54, 1.807) is 13.8 Å². The maximum Gasteiger partial charge on any atom is 0.338 e. The highest BCUT2D eigenvalue weighted by Gasteiger charge is 2.22. The number of pyridine rings is 1. The number of oxazole rings is 1. The van der Waals surface area contributed by atoms with Crippen LogP contribution in [0.4, 0.5) is 0 Å². The number of carbonyl (C=O) groups is 1. The van der Waals surface area contributed by atoms with Crippen LogP contribution >= 0.6 is 0 Å². The summed E-state index contributed by atoms with van der Waals surface area (Å²) in [4.78, 5) is 47.6. The van der Waals surface area contributed by atoms with E-state index < -0.39 is 17.2 Å². The lowest BCUT2D eigenvalue weighted by atomic mass is 10.1. The van der Waals surface area contributed by atoms with Gasteiger partial charge in [-0.25, -0.2) is 19.6 Å². The molecule has 0 fully saturated rings. The van der Waals surface area contributed by atoms with Gasteiger partial charge in [-0.3, -0.25) is 13.9 Å². The molecule has 4 aromatic rings. The van der Waals surface area contributed by atoms with Crippen molar-refractivity contribution in [1.82, 2.24) is 19.1 Å². The van der Waals surface area contributed by atoms with Gasteiger partial charge in [0.25, 0.3) is 5.56 Å². The predicted molar refractivity (Wildman–Crippen MR) is 124 cm³/mol. The maximum atomic E-state index is 13.4. The van der Waals surface area contributed by atoms with E-state index in [0.29, 0.717) is 29.6 Å². The molecule has 1 aromatic carbocycles. The Bertz CT molecular complexity index is 1510. The van der Waals surface area contributed by atoms with E-state index in [-0.39, 0.29) is 23.1 Å². The van der Waals surface area contributed by atoms with Crippen molar-refractivity contribution in [2.75, 3.05) is 13.7 Å². The SMILES string of the molecule is CCOc1ccc(-c2nc(Cn3c(=O)c4c(C(=O)OC)cc(C)nc4n(C)c3=O)c(C)o2)cc1. The molecule has 10 nitrogen and oxygen atoms in total. The maximum absolute atomic E-state index is 13.4. The Labute approximate surface area is 194 Å². The lowest BCUT2D eigenvalue weighted by molar-refractivity contribution is 0.0602. The second-order valence-electron chi connectivity index (χ2n) is 7.71. The third kappa shape index (κ3) is 3.98. The molecule has 0 N–H and O–H groups in total. The average molecular weight is 464 g/mol. The van der Waals surface area contributed by atoms with Gasteiger partial charge in [0.2, 0.25) is 5.89 Å². The van der Waals surface area contributed by atoms with Gasteiger partial charge < -0.3 is 13.9 Å². The van der Waals surface area contributed by atoms with Crippen molar-refractivity contribution >= 4 is 17.0 Å². The van der Waals surface area contributed by atoms with Crippen LogP contribution in [0.25, 0.3) is 22.5 Å². The largest absolute Gasteiger partial charge is 0.494 e. The molecular formula is C24H24N4O6. The normalized spacial score (nSPS) is 11.1. The highest BCUT2D eigenvalue weighted by Crippen LogP contribution is 2.24. The van der Waals surface area contributed by atoms with Crippen molar-refractivity contribution in [3.63, 3.8) is 0 Å². The first-order chi connectivity index (χ1) is 16.2. The average Bonchev–Trinajstić information content (AvgIpc) is 3.20. The van der Waals surface area contributed by atoms with Gasteiger partial charge in [0, 0.05) is 18.3 Å². The number of hydrogen-bond acceptors (Lipinski definition) is 8. The number of fused-ring (bicyclic) bond motifs is 1. The number of benzene rings is 1. The molecule has 0 amide bonds. The second-order valence-corrected chi connectivity index (χ2v) is 7.71. The van der Waals surface area contributed by atoms with E-state index in [2.05, 4.69) is 9.97 Å². The minimum absolute atomic E-state index is 0.00688. The molecule has 0 bridgehead atoms. The predicted octanol–water partition coefficient (Wildman–Crippen LogP) is 2.60. The zero-order valence-electron chi connectivity index (χ0n) is 19.5. The van der Waals surface area contributed by atoms with Crippen LogP contribution in [0, 0.1) is 13.8 Å². The van der Waals surface area contributed by atoms with Crippen molar-refractivity contribution in [3.05, 3.63) is 73.9 Å². The number of aromatic nitrogens is 4. The number of hydrogen-bond donors (Lipinski definition) is 0. The van der Waals surface area contributed by atoms with Crippen molar-refractivity contribution in [3.8, 4) is 17.2 Å². The van der Waals surface area contributed by atoms with Crippen molar-refractivity contribution in [2.24, 2.45) is 7.05 Å². The summed E-state index contributed by atoms with van der Waals surface area (Å²) in [5.74, 6) is 0.862. The minimum atomic E-state index is -0.687. The zero-order valence-corrected chi connectivity index (χ0v) is 19.5. The van der Waals surface area contributed by atoms with E-state index in [1.165, 1.54) is 24.8 Å². The molecule has 0 saturated heterocycles. The fourth-order valence-corrected chi connectivity index (χ4v) is 3.72. The fourth-order valence-electron chi connectivity index (χ4n) is 3.72. The Kier molecular flexibility index (Phi) is 6.06. The van der Waals surface area contributed by atoms with Crippen molar-refractivity contribution in [2.45, 2.75) is 27.3 Å². The van der Waals surface area contributed by atoms with E-state index in [4.69, 9.17) is 13.9 Å². The number of rotatable bonds is 6. The molecule has 0 radical (unpaired) electrons. The molecule has 0 spiro atoms. The monoisotopic (exact) mass is 464 g/mol. The van der Waals surface area contributed by atoms with Crippen LogP contribution in [0.2, 0.25) is 0 Å². The molecular weight excluding hydrogens is 440 g/mol. The number of esters is 1. The first-order valence-electron chi connectivity index (χ1n) is 10.6. The van der Waals surface area contributed by atoms with Gasteiger partial charge in [-0.1, -0.05) is 0 Å². The smallest absolute Gasteiger partial charge is 0.338 e. The lowest BCUT2D eigenvalue weighted by Gasteiger charge is -2.12. The Hall–Kier alpha value is -4.21. The molecule has 0 aliphatic heterocycles. The summed E-state index contributed by atoms with van der Waals surface area (Å²) in [5.41, 5.74) is 0.538. The van der Waals surface area contributed by atoms with Crippen molar-refractivity contribution in [1.29, 1.82) is 0 Å². The highest BCUT2D eigenvalue weighted by atomic mass is 16.5. The summed E-state index contributed by atoms with van der Waals surface area (Å²) in [5, 5.41) is 0.00688. The number of methoxy groups -OCH3 is 1. The van der Waals surface area contributed by atoms with Crippen LogP contribution in [0.3, 0.4) is 0 Å². The van der Waals surface area contributed by atoms with Crippen LogP contribution in [0.5, 0.6) is 5.75 Å². The van der Waals surface area contributed by atoms with E-state index in [0.717, 1.165) is 15.9 Å². The number of ether oxygens (including phenoxy) is 2. The van der Waals surface area contributed by atoms with Gasteiger partial charge in [-0.05, 0) is 51.1 Å². The highest BCUT2D eigenvalue weighted by molar-refractivity contribution is 6.02. The van der Waals surface area contributed by atoms with Crippen LogP contribution in [0.15, 0.2) is 44.3 Å². The number of nitrogens with zero attached hydrogens (tertiary/aromatic N) is 4. The van der Waals surface area contributed by atoms with Crippen LogP contribution in [-0.4, -0.2) is 38.8 Å². The molecule has 34 heavy (non-hydrogen) atoms. The van der Waals surface area contributed by atoms with Crippen LogP contribution in [0.1, 0.15) is 34.4 Å². The number of aryl methyl sites for hydroxylation is 3. The van der Waals surface area contributed by atoms with Crippen LogP contribution in [-0.2, 0) is 18.3 Å². The van der Waals surface area contributed by atoms with Crippen LogP contribution < -0.4 is 16.0 Å². The second kappa shape index (κ2) is 8.97. The topological polar surface area (TPSA) is 118 Å². The minimum Gasteiger partial charge on any atom is -0.494 e. The van der Waals surface area contributed by atoms with Gasteiger partial charge in [0.05, 0.1) is 31.2 Å². The van der Waals surface area contributed by atoms with Crippen molar-refractivity contribution < 1.29 is 18.7 Å². The molecule has 10 heteroatoms. The fraction of sp³-hybridized carbons (Fsp3) is 0.292. The van der Waals surface area contributed by atoms with E-state index in [1.807, 2.05) is 31.2 Å². The third-order valence-electron chi connectivity index (χ3n) is 5.44. The summed E-state index contributed by atoms with van der Waals surface area (Å²) in [7, 11) is 2.72. The molecule has 0 aliphatic rings. The molecule has 0 unspecified atom stereocenters. The first-order valence-corrected chi connectivity index (χ1v) is 10.6. The van der Waals surface area contributed by atoms with E-state index >= 15 is 0 Å². The number of carbonyl (C=O) groups excluding carboxylic acids is 1. The Balaban J connectivity index is 1.81. The van der Waals surface area contributed by atoms with Gasteiger partial charge in [-0.2, -0.15) is 0 Å². The van der Waals surface area contributed by atoms with E-state index in [9.17, 15) is 14.4 Å². The van der Waals surface area contributed by atoms with Gasteiger partial charge in [0.15, 0.2) is 0 Å². The van der Waals surface area contributed by atoms with Gasteiger partial charge >= 0.3 is 11.7 Å². The molecule has 0 aliphatic carbocycles. The summed E-state index contributed by atoms with van der Waals surface area (Å²) < 4.78 is 18.3. The summed E-state index contributed by atoms with van der Waals surface area (Å²) >= 11 is 0. The molecule has 4 rings (SSSR count). The first kappa shape index (κ1) is 23.0. The quantitative estimate of drug-likeness (QED) is 0.400.